The van der Waals surface area contributed by atoms with Crippen molar-refractivity contribution in [3.8, 4) is 0 Å². The van der Waals surface area contributed by atoms with E-state index in [-0.39, 0.29) is 5.56 Å². The lowest BCUT2D eigenvalue weighted by atomic mass is 10.3. The molecule has 0 aromatic carbocycles. The topological polar surface area (TPSA) is 63.1 Å². The highest BCUT2D eigenvalue weighted by Crippen LogP contribution is 2.20. The highest BCUT2D eigenvalue weighted by molar-refractivity contribution is 7.17. The number of nitrogens with zero attached hydrogens (tertiary/aromatic N) is 2. The van der Waals surface area contributed by atoms with Crippen LogP contribution in [-0.2, 0) is 0 Å². The fourth-order valence-electron chi connectivity index (χ4n) is 0.942. The predicted octanol–water partition coefficient (Wildman–Crippen LogP) is 1.39. The van der Waals surface area contributed by atoms with E-state index in [4.69, 9.17) is 5.11 Å². The van der Waals surface area contributed by atoms with Crippen LogP contribution in [0.2, 0.25) is 0 Å². The van der Waals surface area contributed by atoms with Crippen LogP contribution in [0, 0.1) is 0 Å². The van der Waals surface area contributed by atoms with Gasteiger partial charge < -0.3 is 5.11 Å². The number of hydrogen-bond donors (Lipinski definition) is 1. The molecular weight excluding hydrogens is 176 g/mol. The highest BCUT2D eigenvalue weighted by Gasteiger charge is 2.09. The molecule has 0 spiro atoms. The summed E-state index contributed by atoms with van der Waals surface area (Å²) in [4.78, 5) is 18.4. The van der Waals surface area contributed by atoms with E-state index in [0.717, 1.165) is 0 Å². The molecule has 0 aliphatic heterocycles. The summed E-state index contributed by atoms with van der Waals surface area (Å²) in [6.07, 6.45) is 2.89. The minimum Gasteiger partial charge on any atom is -0.478 e. The lowest BCUT2D eigenvalue weighted by molar-refractivity contribution is 0.0699. The van der Waals surface area contributed by atoms with E-state index in [1.165, 1.54) is 17.5 Å². The van der Waals surface area contributed by atoms with Crippen LogP contribution < -0.4 is 0 Å². The van der Waals surface area contributed by atoms with Crippen molar-refractivity contribution >= 4 is 27.5 Å². The van der Waals surface area contributed by atoms with Crippen LogP contribution in [0.1, 0.15) is 10.4 Å². The standard InChI is InChI=1S/C7H4N2O2S/c10-7(11)4-1-8-2-5-6(4)12-3-9-5/h1-3H,(H,10,11). The fraction of sp³-hybridized carbons (Fsp3) is 0. The quantitative estimate of drug-likeness (QED) is 0.720. The third-order valence-electron chi connectivity index (χ3n) is 1.47. The Morgan fingerprint density at radius 2 is 2.33 bits per heavy atom. The molecule has 0 aliphatic carbocycles. The molecule has 1 N–H and O–H groups in total. The summed E-state index contributed by atoms with van der Waals surface area (Å²) in [6, 6.07) is 0. The van der Waals surface area contributed by atoms with Gasteiger partial charge in [0.15, 0.2) is 0 Å². The number of carbonyl (C=O) groups is 1. The van der Waals surface area contributed by atoms with Gasteiger partial charge in [-0.25, -0.2) is 9.78 Å². The highest BCUT2D eigenvalue weighted by atomic mass is 32.1. The van der Waals surface area contributed by atoms with Crippen LogP contribution in [0.15, 0.2) is 17.9 Å². The first-order valence-corrected chi connectivity index (χ1v) is 4.07. The number of aromatic nitrogens is 2. The van der Waals surface area contributed by atoms with Crippen molar-refractivity contribution in [2.75, 3.05) is 0 Å². The first-order valence-electron chi connectivity index (χ1n) is 3.19. The predicted molar refractivity (Wildman–Crippen MR) is 44.4 cm³/mol. The lowest BCUT2D eigenvalue weighted by Gasteiger charge is -1.92. The van der Waals surface area contributed by atoms with Crippen molar-refractivity contribution in [2.45, 2.75) is 0 Å². The number of carboxylic acid groups (broad SMARTS) is 1. The molecule has 4 nitrogen and oxygen atoms in total. The maximum absolute atomic E-state index is 10.7. The Bertz CT molecular complexity index is 438. The van der Waals surface area contributed by atoms with E-state index in [2.05, 4.69) is 9.97 Å². The zero-order valence-corrected chi connectivity index (χ0v) is 6.71. The second kappa shape index (κ2) is 2.53. The molecule has 2 aromatic heterocycles. The summed E-state index contributed by atoms with van der Waals surface area (Å²) < 4.78 is 0.678. The summed E-state index contributed by atoms with van der Waals surface area (Å²) in [7, 11) is 0. The average Bonchev–Trinajstić information content (AvgIpc) is 2.49. The zero-order chi connectivity index (χ0) is 8.55. The van der Waals surface area contributed by atoms with E-state index in [1.54, 1.807) is 11.7 Å². The molecule has 5 heteroatoms. The molecule has 12 heavy (non-hydrogen) atoms. The fourth-order valence-corrected chi connectivity index (χ4v) is 1.71. The Morgan fingerprint density at radius 1 is 1.50 bits per heavy atom. The smallest absolute Gasteiger partial charge is 0.338 e. The number of aromatic carboxylic acids is 1. The van der Waals surface area contributed by atoms with Crippen LogP contribution in [0.25, 0.3) is 10.2 Å². The maximum Gasteiger partial charge on any atom is 0.338 e. The first-order chi connectivity index (χ1) is 5.79. The van der Waals surface area contributed by atoms with Crippen LogP contribution in [-0.4, -0.2) is 21.0 Å². The maximum atomic E-state index is 10.7. The first kappa shape index (κ1) is 7.17. The third kappa shape index (κ3) is 0.947. The monoisotopic (exact) mass is 180 g/mol. The van der Waals surface area contributed by atoms with Crippen molar-refractivity contribution in [2.24, 2.45) is 0 Å². The number of carboxylic acids is 1. The van der Waals surface area contributed by atoms with E-state index >= 15 is 0 Å². The van der Waals surface area contributed by atoms with Gasteiger partial charge in [-0.3, -0.25) is 4.98 Å². The van der Waals surface area contributed by atoms with E-state index in [0.29, 0.717) is 10.2 Å². The van der Waals surface area contributed by atoms with Gasteiger partial charge in [0.1, 0.15) is 5.52 Å². The zero-order valence-electron chi connectivity index (χ0n) is 5.89. The Hall–Kier alpha value is -1.49. The minimum atomic E-state index is -0.961. The Morgan fingerprint density at radius 3 is 3.08 bits per heavy atom. The minimum absolute atomic E-state index is 0.218. The molecule has 0 saturated heterocycles. The molecule has 0 unspecified atom stereocenters. The summed E-state index contributed by atoms with van der Waals surface area (Å²) in [5.41, 5.74) is 2.47. The summed E-state index contributed by atoms with van der Waals surface area (Å²) >= 11 is 1.31. The molecule has 2 aromatic rings. The summed E-state index contributed by atoms with van der Waals surface area (Å²) in [5, 5.41) is 8.74. The second-order valence-electron chi connectivity index (χ2n) is 2.19. The average molecular weight is 180 g/mol. The molecule has 0 fully saturated rings. The molecule has 0 atom stereocenters. The van der Waals surface area contributed by atoms with Crippen molar-refractivity contribution in [1.29, 1.82) is 0 Å². The summed E-state index contributed by atoms with van der Waals surface area (Å²) in [5.74, 6) is -0.961. The molecule has 2 heterocycles. The molecular formula is C7H4N2O2S. The number of rotatable bonds is 1. The number of pyridine rings is 1. The van der Waals surface area contributed by atoms with Crippen molar-refractivity contribution in [1.82, 2.24) is 9.97 Å². The molecule has 0 amide bonds. The van der Waals surface area contributed by atoms with Gasteiger partial charge >= 0.3 is 5.97 Å². The van der Waals surface area contributed by atoms with Crippen molar-refractivity contribution in [3.05, 3.63) is 23.5 Å². The number of thiazole rings is 1. The lowest BCUT2D eigenvalue weighted by Crippen LogP contribution is -1.96. The van der Waals surface area contributed by atoms with Gasteiger partial charge in [0, 0.05) is 6.20 Å². The second-order valence-corrected chi connectivity index (χ2v) is 3.05. The van der Waals surface area contributed by atoms with Crippen LogP contribution in [0.5, 0.6) is 0 Å². The number of hydrogen-bond acceptors (Lipinski definition) is 4. The van der Waals surface area contributed by atoms with Gasteiger partial charge in [-0.15, -0.1) is 11.3 Å². The third-order valence-corrected chi connectivity index (χ3v) is 2.35. The molecule has 2 rings (SSSR count). The Balaban J connectivity index is 2.82. The van der Waals surface area contributed by atoms with Crippen LogP contribution in [0.4, 0.5) is 0 Å². The number of fused-ring (bicyclic) bond motifs is 1. The molecule has 0 bridgehead atoms. The molecule has 0 saturated carbocycles. The normalized spacial score (nSPS) is 10.3. The summed E-state index contributed by atoms with van der Waals surface area (Å²) in [6.45, 7) is 0. The van der Waals surface area contributed by atoms with Gasteiger partial charge in [-0.05, 0) is 0 Å². The van der Waals surface area contributed by atoms with Gasteiger partial charge in [0.2, 0.25) is 0 Å². The van der Waals surface area contributed by atoms with Gasteiger partial charge in [0.05, 0.1) is 22.0 Å². The van der Waals surface area contributed by atoms with E-state index in [9.17, 15) is 4.79 Å². The van der Waals surface area contributed by atoms with E-state index < -0.39 is 5.97 Å². The molecule has 0 aliphatic rings. The van der Waals surface area contributed by atoms with Crippen LogP contribution in [0.3, 0.4) is 0 Å². The largest absolute Gasteiger partial charge is 0.478 e. The van der Waals surface area contributed by atoms with Gasteiger partial charge in [0.25, 0.3) is 0 Å². The molecule has 60 valence electrons. The van der Waals surface area contributed by atoms with E-state index in [1.807, 2.05) is 0 Å². The van der Waals surface area contributed by atoms with Crippen molar-refractivity contribution in [3.63, 3.8) is 0 Å². The molecule has 0 radical (unpaired) electrons. The van der Waals surface area contributed by atoms with Crippen molar-refractivity contribution < 1.29 is 9.90 Å². The Kier molecular flexibility index (Phi) is 1.51. The van der Waals surface area contributed by atoms with Gasteiger partial charge in [-0.2, -0.15) is 0 Å². The Labute approximate surface area is 71.5 Å². The SMILES string of the molecule is O=C(O)c1cncc2ncsc12. The van der Waals surface area contributed by atoms with Gasteiger partial charge in [-0.1, -0.05) is 0 Å². The van der Waals surface area contributed by atoms with Crippen LogP contribution >= 0.6 is 11.3 Å².